The highest BCUT2D eigenvalue weighted by Gasteiger charge is 2.28. The van der Waals surface area contributed by atoms with Crippen LogP contribution >= 0.6 is 11.8 Å². The second kappa shape index (κ2) is 7.02. The van der Waals surface area contributed by atoms with Crippen LogP contribution in [0.4, 0.5) is 0 Å². The Hall–Kier alpha value is -1.92. The van der Waals surface area contributed by atoms with Gasteiger partial charge in [0.2, 0.25) is 0 Å². The first-order chi connectivity index (χ1) is 9.68. The number of thioether (sulfide) groups is 1. The molecule has 0 amide bonds. The first-order valence-corrected chi connectivity index (χ1v) is 7.01. The molecular weight excluding hydrogens is 276 g/mol. The van der Waals surface area contributed by atoms with E-state index in [1.165, 1.54) is 18.0 Å². The summed E-state index contributed by atoms with van der Waals surface area (Å²) in [5.74, 6) is -1.71. The summed E-state index contributed by atoms with van der Waals surface area (Å²) in [6.45, 7) is 0. The number of aliphatic carboxylic acids is 1. The van der Waals surface area contributed by atoms with E-state index in [-0.39, 0.29) is 5.75 Å². The minimum atomic E-state index is -1.09. The Morgan fingerprint density at radius 3 is 2.70 bits per heavy atom. The maximum absolute atomic E-state index is 11.3. The Morgan fingerprint density at radius 2 is 2.10 bits per heavy atom. The summed E-state index contributed by atoms with van der Waals surface area (Å²) >= 11 is 1.31. The normalized spacial score (nSPS) is 13.7. The zero-order valence-electron chi connectivity index (χ0n) is 10.6. The zero-order valence-corrected chi connectivity index (χ0v) is 11.4. The number of carboxylic acid groups (broad SMARTS) is 1. The fourth-order valence-electron chi connectivity index (χ4n) is 1.69. The average Bonchev–Trinajstić information content (AvgIpc) is 2.49. The highest BCUT2D eigenvalue weighted by Crippen LogP contribution is 2.27. The lowest BCUT2D eigenvalue weighted by Crippen LogP contribution is -2.24. The molecule has 2 aromatic heterocycles. The van der Waals surface area contributed by atoms with Gasteiger partial charge in [-0.1, -0.05) is 12.1 Å². The number of hydrogen-bond acceptors (Lipinski definition) is 5. The number of aliphatic hydroxyl groups excluding tert-OH is 1. The van der Waals surface area contributed by atoms with Gasteiger partial charge in [0.25, 0.3) is 0 Å². The van der Waals surface area contributed by atoms with Crippen LogP contribution in [0.25, 0.3) is 0 Å². The highest BCUT2D eigenvalue weighted by atomic mass is 32.2. The summed E-state index contributed by atoms with van der Waals surface area (Å²) in [5, 5.41) is 20.2. The Bertz CT molecular complexity index is 551. The molecule has 2 rings (SSSR count). The SMILES string of the molecule is O=C(O)C(CSc1ccccn1)C(O)c1cccnc1. The van der Waals surface area contributed by atoms with E-state index in [2.05, 4.69) is 9.97 Å². The van der Waals surface area contributed by atoms with Gasteiger partial charge in [0, 0.05) is 24.3 Å². The number of pyridine rings is 2. The Morgan fingerprint density at radius 1 is 1.25 bits per heavy atom. The third kappa shape index (κ3) is 3.79. The average molecular weight is 290 g/mol. The van der Waals surface area contributed by atoms with Gasteiger partial charge in [-0.25, -0.2) is 4.98 Å². The van der Waals surface area contributed by atoms with Crippen molar-refractivity contribution in [1.29, 1.82) is 0 Å². The molecule has 0 aliphatic heterocycles. The van der Waals surface area contributed by atoms with Gasteiger partial charge in [0.1, 0.15) is 0 Å². The van der Waals surface area contributed by atoms with Crippen LogP contribution in [-0.4, -0.2) is 31.9 Å². The van der Waals surface area contributed by atoms with Crippen molar-refractivity contribution >= 4 is 17.7 Å². The summed E-state index contributed by atoms with van der Waals surface area (Å²) in [7, 11) is 0. The van der Waals surface area contributed by atoms with Crippen molar-refractivity contribution in [2.24, 2.45) is 5.92 Å². The molecule has 0 saturated heterocycles. The summed E-state index contributed by atoms with van der Waals surface area (Å²) in [6.07, 6.45) is 3.62. The molecule has 0 radical (unpaired) electrons. The smallest absolute Gasteiger partial charge is 0.310 e. The summed E-state index contributed by atoms with van der Waals surface area (Å²) in [4.78, 5) is 19.3. The monoisotopic (exact) mass is 290 g/mol. The molecule has 0 saturated carbocycles. The fourth-order valence-corrected chi connectivity index (χ4v) is 2.67. The van der Waals surface area contributed by atoms with Gasteiger partial charge in [-0.05, 0) is 23.8 Å². The molecule has 0 aliphatic rings. The molecule has 2 unspecified atom stereocenters. The molecule has 2 atom stereocenters. The van der Waals surface area contributed by atoms with Crippen LogP contribution in [0.15, 0.2) is 53.9 Å². The molecule has 6 heteroatoms. The van der Waals surface area contributed by atoms with Crippen LogP contribution in [0.1, 0.15) is 11.7 Å². The molecule has 0 bridgehead atoms. The maximum atomic E-state index is 11.3. The van der Waals surface area contributed by atoms with Gasteiger partial charge in [-0.15, -0.1) is 11.8 Å². The standard InChI is InChI=1S/C14H14N2O3S/c17-13(10-4-3-6-15-8-10)11(14(18)19)9-20-12-5-1-2-7-16-12/h1-8,11,13,17H,9H2,(H,18,19). The molecular formula is C14H14N2O3S. The van der Waals surface area contributed by atoms with Crippen molar-refractivity contribution in [3.8, 4) is 0 Å². The lowest BCUT2D eigenvalue weighted by Gasteiger charge is -2.18. The maximum Gasteiger partial charge on any atom is 0.310 e. The number of rotatable bonds is 6. The van der Waals surface area contributed by atoms with E-state index in [4.69, 9.17) is 0 Å². The lowest BCUT2D eigenvalue weighted by molar-refractivity contribution is -0.144. The van der Waals surface area contributed by atoms with Crippen molar-refractivity contribution < 1.29 is 15.0 Å². The van der Waals surface area contributed by atoms with E-state index in [1.807, 2.05) is 6.07 Å². The molecule has 0 aromatic carbocycles. The zero-order chi connectivity index (χ0) is 14.4. The Labute approximate surface area is 120 Å². The number of aromatic nitrogens is 2. The van der Waals surface area contributed by atoms with Crippen molar-refractivity contribution in [2.45, 2.75) is 11.1 Å². The van der Waals surface area contributed by atoms with E-state index in [9.17, 15) is 15.0 Å². The summed E-state index contributed by atoms with van der Waals surface area (Å²) in [5.41, 5.74) is 0.501. The van der Waals surface area contributed by atoms with E-state index in [1.54, 1.807) is 36.7 Å². The minimum absolute atomic E-state index is 0.238. The predicted molar refractivity (Wildman–Crippen MR) is 75.3 cm³/mol. The molecule has 0 aliphatic carbocycles. The van der Waals surface area contributed by atoms with E-state index in [0.29, 0.717) is 5.56 Å². The first kappa shape index (κ1) is 14.5. The number of carbonyl (C=O) groups is 1. The molecule has 2 heterocycles. The van der Waals surface area contributed by atoms with Crippen molar-refractivity contribution in [3.63, 3.8) is 0 Å². The quantitative estimate of drug-likeness (QED) is 0.792. The van der Waals surface area contributed by atoms with Gasteiger partial charge < -0.3 is 10.2 Å². The first-order valence-electron chi connectivity index (χ1n) is 6.03. The molecule has 0 spiro atoms. The van der Waals surface area contributed by atoms with Crippen LogP contribution in [0, 0.1) is 5.92 Å². The molecule has 5 nitrogen and oxygen atoms in total. The minimum Gasteiger partial charge on any atom is -0.481 e. The molecule has 0 fully saturated rings. The van der Waals surface area contributed by atoms with Crippen LogP contribution in [-0.2, 0) is 4.79 Å². The predicted octanol–water partition coefficient (Wildman–Crippen LogP) is 2.00. The topological polar surface area (TPSA) is 83.3 Å². The van der Waals surface area contributed by atoms with Crippen molar-refractivity contribution in [3.05, 3.63) is 54.5 Å². The highest BCUT2D eigenvalue weighted by molar-refractivity contribution is 7.99. The van der Waals surface area contributed by atoms with Crippen molar-refractivity contribution in [2.75, 3.05) is 5.75 Å². The molecule has 20 heavy (non-hydrogen) atoms. The summed E-state index contributed by atoms with van der Waals surface area (Å²) < 4.78 is 0. The number of carboxylic acids is 1. The second-order valence-electron chi connectivity index (χ2n) is 4.15. The van der Waals surface area contributed by atoms with Crippen molar-refractivity contribution in [1.82, 2.24) is 9.97 Å². The number of hydrogen-bond donors (Lipinski definition) is 2. The molecule has 2 N–H and O–H groups in total. The largest absolute Gasteiger partial charge is 0.481 e. The van der Waals surface area contributed by atoms with Gasteiger partial charge in [-0.3, -0.25) is 9.78 Å². The fraction of sp³-hybridized carbons (Fsp3) is 0.214. The van der Waals surface area contributed by atoms with Crippen LogP contribution in [0.5, 0.6) is 0 Å². The third-order valence-electron chi connectivity index (χ3n) is 2.77. The molecule has 2 aromatic rings. The number of nitrogens with zero attached hydrogens (tertiary/aromatic N) is 2. The number of aliphatic hydroxyl groups is 1. The van der Waals surface area contributed by atoms with Crippen LogP contribution < -0.4 is 0 Å². The second-order valence-corrected chi connectivity index (χ2v) is 5.20. The van der Waals surface area contributed by atoms with Gasteiger partial charge >= 0.3 is 5.97 Å². The molecule has 104 valence electrons. The third-order valence-corrected chi connectivity index (χ3v) is 3.84. The van der Waals surface area contributed by atoms with E-state index in [0.717, 1.165) is 5.03 Å². The van der Waals surface area contributed by atoms with E-state index < -0.39 is 18.0 Å². The van der Waals surface area contributed by atoms with E-state index >= 15 is 0 Å². The van der Waals surface area contributed by atoms with Crippen LogP contribution in [0.3, 0.4) is 0 Å². The van der Waals surface area contributed by atoms with Crippen LogP contribution in [0.2, 0.25) is 0 Å². The van der Waals surface area contributed by atoms with Gasteiger partial charge in [0.05, 0.1) is 17.0 Å². The van der Waals surface area contributed by atoms with Gasteiger partial charge in [0.15, 0.2) is 0 Å². The Balaban J connectivity index is 2.06. The van der Waals surface area contributed by atoms with Gasteiger partial charge in [-0.2, -0.15) is 0 Å². The Kier molecular flexibility index (Phi) is 5.09. The lowest BCUT2D eigenvalue weighted by atomic mass is 9.99. The summed E-state index contributed by atoms with van der Waals surface area (Å²) in [6, 6.07) is 8.77.